The van der Waals surface area contributed by atoms with E-state index in [-0.39, 0.29) is 35.3 Å². The number of carbonyl (C=O) groups is 2. The molecule has 4 rings (SSSR count). The molecule has 2 aromatic carbocycles. The minimum Gasteiger partial charge on any atom is -0.463 e. The number of halogens is 1. The summed E-state index contributed by atoms with van der Waals surface area (Å²) in [5, 5.41) is 16.8. The highest BCUT2D eigenvalue weighted by atomic mass is 32.1. The van der Waals surface area contributed by atoms with Gasteiger partial charge in [-0.25, -0.2) is 14.2 Å². The second-order valence-electron chi connectivity index (χ2n) is 10.8. The van der Waals surface area contributed by atoms with E-state index in [1.165, 1.54) is 23.5 Å². The summed E-state index contributed by atoms with van der Waals surface area (Å²) in [4.78, 5) is 40.2. The molecule has 0 bridgehead atoms. The van der Waals surface area contributed by atoms with Crippen molar-refractivity contribution >= 4 is 35.0 Å². The van der Waals surface area contributed by atoms with Gasteiger partial charge in [-0.3, -0.25) is 14.9 Å². The standard InChI is InChI=1S/C33H36FN3O6S/c1-4-42-33(39)22(3)16-21(2)17-25-20-44-32(35-25)29(36-31(38)24-8-6-5-7-9-24)18-23-10-13-27(14-11-23)43-30-15-12-26(37(40)41)19-28(30)34/h10-17,19-20,24,29H,4-9,18H2,1-3H3,(H,36,38)/b21-17+,22-16-/t29-/m0/s1. The van der Waals surface area contributed by atoms with E-state index in [1.807, 2.05) is 30.5 Å². The van der Waals surface area contributed by atoms with Gasteiger partial charge in [0.15, 0.2) is 11.6 Å². The third-order valence-corrected chi connectivity index (χ3v) is 8.24. The molecule has 11 heteroatoms. The quantitative estimate of drug-likeness (QED) is 0.0718. The van der Waals surface area contributed by atoms with E-state index in [9.17, 15) is 24.1 Å². The first kappa shape index (κ1) is 32.5. The van der Waals surface area contributed by atoms with Crippen LogP contribution in [0.4, 0.5) is 10.1 Å². The lowest BCUT2D eigenvalue weighted by Gasteiger charge is -2.24. The minimum absolute atomic E-state index is 0.0174. The first-order chi connectivity index (χ1) is 21.1. The Morgan fingerprint density at radius 1 is 1.16 bits per heavy atom. The molecule has 232 valence electrons. The number of nitro benzene ring substituents is 1. The fourth-order valence-corrected chi connectivity index (χ4v) is 5.87. The van der Waals surface area contributed by atoms with Crippen molar-refractivity contribution in [1.82, 2.24) is 10.3 Å². The van der Waals surface area contributed by atoms with E-state index >= 15 is 0 Å². The van der Waals surface area contributed by atoms with E-state index in [0.717, 1.165) is 60.0 Å². The number of nitro groups is 1. The van der Waals surface area contributed by atoms with Gasteiger partial charge in [0.05, 0.1) is 29.3 Å². The van der Waals surface area contributed by atoms with E-state index in [2.05, 4.69) is 5.32 Å². The molecule has 0 spiro atoms. The van der Waals surface area contributed by atoms with E-state index in [0.29, 0.717) is 24.4 Å². The van der Waals surface area contributed by atoms with E-state index < -0.39 is 10.7 Å². The van der Waals surface area contributed by atoms with Gasteiger partial charge >= 0.3 is 5.97 Å². The van der Waals surface area contributed by atoms with Crippen LogP contribution in [0.5, 0.6) is 11.5 Å². The lowest BCUT2D eigenvalue weighted by atomic mass is 9.88. The number of carbonyl (C=O) groups excluding carboxylic acids is 2. The molecule has 1 heterocycles. The molecule has 44 heavy (non-hydrogen) atoms. The monoisotopic (exact) mass is 621 g/mol. The summed E-state index contributed by atoms with van der Waals surface area (Å²) >= 11 is 1.45. The van der Waals surface area contributed by atoms with E-state index in [4.69, 9.17) is 14.5 Å². The van der Waals surface area contributed by atoms with Crippen molar-refractivity contribution in [3.05, 3.63) is 97.3 Å². The number of nitrogens with one attached hydrogen (secondary N) is 1. The molecule has 1 atom stereocenters. The Labute approximate surface area is 260 Å². The van der Waals surface area contributed by atoms with Crippen LogP contribution in [0.25, 0.3) is 6.08 Å². The maximum Gasteiger partial charge on any atom is 0.333 e. The van der Waals surface area contributed by atoms with Crippen molar-refractivity contribution in [2.24, 2.45) is 5.92 Å². The molecule has 0 saturated heterocycles. The molecule has 1 aromatic heterocycles. The van der Waals surface area contributed by atoms with Crippen LogP contribution in [0, 0.1) is 21.8 Å². The number of allylic oxidation sites excluding steroid dienone is 2. The summed E-state index contributed by atoms with van der Waals surface area (Å²) in [6, 6.07) is 9.90. The van der Waals surface area contributed by atoms with Gasteiger partial charge in [0.1, 0.15) is 10.8 Å². The Bertz CT molecular complexity index is 1540. The molecular weight excluding hydrogens is 585 g/mol. The van der Waals surface area contributed by atoms with Gasteiger partial charge in [-0.05, 0) is 81.5 Å². The SMILES string of the molecule is CCOC(=O)/C(C)=C\C(C)=C\c1csc([C@H](Cc2ccc(Oc3ccc([N+](=O)[O-])cc3F)cc2)NC(=O)C2CCCCC2)n1. The molecule has 1 fully saturated rings. The minimum atomic E-state index is -0.829. The summed E-state index contributed by atoms with van der Waals surface area (Å²) in [5.74, 6) is -0.932. The molecular formula is C33H36FN3O6S. The third-order valence-electron chi connectivity index (χ3n) is 7.26. The average Bonchev–Trinajstić information content (AvgIpc) is 3.47. The van der Waals surface area contributed by atoms with E-state index in [1.54, 1.807) is 32.1 Å². The molecule has 0 radical (unpaired) electrons. The number of hydrogen-bond acceptors (Lipinski definition) is 8. The number of benzene rings is 2. The topological polar surface area (TPSA) is 121 Å². The second kappa shape index (κ2) is 15.4. The number of ether oxygens (including phenoxy) is 2. The summed E-state index contributed by atoms with van der Waals surface area (Å²) in [6.07, 6.45) is 9.10. The molecule has 0 aliphatic heterocycles. The maximum atomic E-state index is 14.3. The summed E-state index contributed by atoms with van der Waals surface area (Å²) < 4.78 is 25.0. The Kier molecular flexibility index (Phi) is 11.4. The van der Waals surface area contributed by atoms with Crippen LogP contribution >= 0.6 is 11.3 Å². The lowest BCUT2D eigenvalue weighted by Crippen LogP contribution is -2.35. The zero-order chi connectivity index (χ0) is 31.6. The van der Waals surface area contributed by atoms with Gasteiger partial charge in [-0.1, -0.05) is 31.4 Å². The molecule has 1 amide bonds. The summed E-state index contributed by atoms with van der Waals surface area (Å²) in [5.41, 5.74) is 2.62. The van der Waals surface area contributed by atoms with Crippen molar-refractivity contribution in [2.75, 3.05) is 6.61 Å². The van der Waals surface area contributed by atoms with Crippen molar-refractivity contribution < 1.29 is 28.4 Å². The van der Waals surface area contributed by atoms with Crippen LogP contribution in [0.15, 0.2) is 65.1 Å². The Morgan fingerprint density at radius 3 is 2.55 bits per heavy atom. The van der Waals surface area contributed by atoms with Crippen molar-refractivity contribution in [2.45, 2.75) is 65.3 Å². The largest absolute Gasteiger partial charge is 0.463 e. The number of rotatable bonds is 12. The van der Waals surface area contributed by atoms with Crippen LogP contribution in [-0.2, 0) is 20.7 Å². The van der Waals surface area contributed by atoms with Crippen molar-refractivity contribution in [3.63, 3.8) is 0 Å². The highest BCUT2D eigenvalue weighted by Crippen LogP contribution is 2.30. The van der Waals surface area contributed by atoms with Crippen LogP contribution < -0.4 is 10.1 Å². The van der Waals surface area contributed by atoms with Crippen LogP contribution in [0.2, 0.25) is 0 Å². The lowest BCUT2D eigenvalue weighted by molar-refractivity contribution is -0.385. The number of non-ortho nitro benzene ring substituents is 1. The number of esters is 1. The predicted molar refractivity (Wildman–Crippen MR) is 167 cm³/mol. The number of thiazole rings is 1. The average molecular weight is 622 g/mol. The van der Waals surface area contributed by atoms with Crippen LogP contribution in [-0.4, -0.2) is 28.4 Å². The zero-order valence-corrected chi connectivity index (χ0v) is 25.8. The van der Waals surface area contributed by atoms with Gasteiger partial charge in [0, 0.05) is 22.9 Å². The fraction of sp³-hybridized carbons (Fsp3) is 0.364. The molecule has 3 aromatic rings. The highest BCUT2D eigenvalue weighted by molar-refractivity contribution is 7.09. The highest BCUT2D eigenvalue weighted by Gasteiger charge is 2.26. The van der Waals surface area contributed by atoms with Gasteiger partial charge in [-0.2, -0.15) is 0 Å². The molecule has 1 aliphatic carbocycles. The maximum absolute atomic E-state index is 14.3. The van der Waals surface area contributed by atoms with Gasteiger partial charge in [0.25, 0.3) is 5.69 Å². The molecule has 1 aliphatic rings. The van der Waals surface area contributed by atoms with Gasteiger partial charge in [0.2, 0.25) is 5.91 Å². The molecule has 1 N–H and O–H groups in total. The second-order valence-corrected chi connectivity index (χ2v) is 11.7. The summed E-state index contributed by atoms with van der Waals surface area (Å²) in [6.45, 7) is 5.66. The van der Waals surface area contributed by atoms with Crippen LogP contribution in [0.3, 0.4) is 0 Å². The Morgan fingerprint density at radius 2 is 1.89 bits per heavy atom. The number of nitrogens with zero attached hydrogens (tertiary/aromatic N) is 2. The van der Waals surface area contributed by atoms with Gasteiger partial charge in [-0.15, -0.1) is 11.3 Å². The third kappa shape index (κ3) is 9.06. The molecule has 1 saturated carbocycles. The first-order valence-electron chi connectivity index (χ1n) is 14.6. The van der Waals surface area contributed by atoms with Gasteiger partial charge < -0.3 is 14.8 Å². The number of hydrogen-bond donors (Lipinski definition) is 1. The van der Waals surface area contributed by atoms with Crippen molar-refractivity contribution in [3.8, 4) is 11.5 Å². The van der Waals surface area contributed by atoms with Crippen LogP contribution in [0.1, 0.15) is 75.2 Å². The normalized spacial score (nSPS) is 15.0. The predicted octanol–water partition coefficient (Wildman–Crippen LogP) is 7.88. The Hall–Kier alpha value is -4.38. The molecule has 9 nitrogen and oxygen atoms in total. The first-order valence-corrected chi connectivity index (χ1v) is 15.5. The number of aromatic nitrogens is 1. The summed E-state index contributed by atoms with van der Waals surface area (Å²) in [7, 11) is 0. The number of amides is 1. The van der Waals surface area contributed by atoms with Crippen molar-refractivity contribution in [1.29, 1.82) is 0 Å². The fourth-order valence-electron chi connectivity index (χ4n) is 5.04. The Balaban J connectivity index is 1.51. The smallest absolute Gasteiger partial charge is 0.333 e. The zero-order valence-electron chi connectivity index (χ0n) is 25.0. The molecule has 0 unspecified atom stereocenters.